The van der Waals surface area contributed by atoms with Crippen LogP contribution in [0, 0.1) is 0 Å². The van der Waals surface area contributed by atoms with Crippen molar-refractivity contribution < 1.29 is 4.74 Å². The molecule has 20 heavy (non-hydrogen) atoms. The fraction of sp³-hybridized carbons (Fsp3) is 0.600. The third kappa shape index (κ3) is 3.39. The van der Waals surface area contributed by atoms with Gasteiger partial charge in [0.2, 0.25) is 11.8 Å². The average Bonchev–Trinajstić information content (AvgIpc) is 2.82. The van der Waals surface area contributed by atoms with Crippen molar-refractivity contribution in [3.8, 4) is 5.88 Å². The van der Waals surface area contributed by atoms with Crippen molar-refractivity contribution in [3.63, 3.8) is 0 Å². The van der Waals surface area contributed by atoms with E-state index in [2.05, 4.69) is 42.1 Å². The van der Waals surface area contributed by atoms with Crippen LogP contribution in [0.5, 0.6) is 5.88 Å². The average molecular weight is 293 g/mol. The normalized spacial score (nSPS) is 12.6. The van der Waals surface area contributed by atoms with E-state index < -0.39 is 0 Å². The Morgan fingerprint density at radius 1 is 1.30 bits per heavy atom. The summed E-state index contributed by atoms with van der Waals surface area (Å²) >= 11 is 1.72. The van der Waals surface area contributed by atoms with Crippen molar-refractivity contribution in [3.05, 3.63) is 10.9 Å². The maximum absolute atomic E-state index is 6.03. The van der Waals surface area contributed by atoms with Crippen LogP contribution in [0.1, 0.15) is 45.4 Å². The van der Waals surface area contributed by atoms with Crippen molar-refractivity contribution >= 4 is 27.5 Å². The van der Waals surface area contributed by atoms with Gasteiger partial charge in [-0.05, 0) is 32.8 Å². The van der Waals surface area contributed by atoms with E-state index in [1.54, 1.807) is 11.3 Å². The van der Waals surface area contributed by atoms with Crippen LogP contribution in [0.3, 0.4) is 0 Å². The van der Waals surface area contributed by atoms with Crippen molar-refractivity contribution in [2.24, 2.45) is 0 Å². The van der Waals surface area contributed by atoms with Crippen molar-refractivity contribution in [2.45, 2.75) is 53.1 Å². The van der Waals surface area contributed by atoms with Crippen molar-refractivity contribution in [2.75, 3.05) is 11.9 Å². The van der Waals surface area contributed by atoms with Crippen LogP contribution in [0.4, 0.5) is 5.95 Å². The summed E-state index contributed by atoms with van der Waals surface area (Å²) in [6, 6.07) is 2.16. The summed E-state index contributed by atoms with van der Waals surface area (Å²) in [7, 11) is 0. The number of rotatable bonds is 7. The molecule has 1 unspecified atom stereocenters. The van der Waals surface area contributed by atoms with Crippen LogP contribution in [0.2, 0.25) is 0 Å². The fourth-order valence-electron chi connectivity index (χ4n) is 2.10. The molecule has 0 aliphatic heterocycles. The summed E-state index contributed by atoms with van der Waals surface area (Å²) in [6.45, 7) is 9.27. The topological polar surface area (TPSA) is 47.0 Å². The molecule has 1 atom stereocenters. The van der Waals surface area contributed by atoms with Gasteiger partial charge >= 0.3 is 0 Å². The zero-order chi connectivity index (χ0) is 14.5. The number of nitrogens with zero attached hydrogens (tertiary/aromatic N) is 2. The van der Waals surface area contributed by atoms with E-state index in [-0.39, 0.29) is 6.10 Å². The number of nitrogens with one attached hydrogen (secondary N) is 1. The van der Waals surface area contributed by atoms with E-state index in [9.17, 15) is 0 Å². The molecule has 110 valence electrons. The van der Waals surface area contributed by atoms with E-state index in [1.165, 1.54) is 4.88 Å². The first-order chi connectivity index (χ1) is 9.67. The SMILES string of the molecule is CCCC(C)Oc1nc(NCC)nc2sc(CC)cc12. The Morgan fingerprint density at radius 2 is 2.10 bits per heavy atom. The maximum Gasteiger partial charge on any atom is 0.227 e. The number of fused-ring (bicyclic) bond motifs is 1. The molecule has 0 saturated carbocycles. The van der Waals surface area contributed by atoms with Gasteiger partial charge in [0.25, 0.3) is 0 Å². The molecule has 4 nitrogen and oxygen atoms in total. The number of ether oxygens (including phenoxy) is 1. The monoisotopic (exact) mass is 293 g/mol. The molecule has 0 spiro atoms. The van der Waals surface area contributed by atoms with E-state index >= 15 is 0 Å². The van der Waals surface area contributed by atoms with Gasteiger partial charge in [-0.15, -0.1) is 11.3 Å². The van der Waals surface area contributed by atoms with Crippen LogP contribution in [-0.2, 0) is 6.42 Å². The van der Waals surface area contributed by atoms with Crippen LogP contribution >= 0.6 is 11.3 Å². The number of hydrogen-bond donors (Lipinski definition) is 1. The van der Waals surface area contributed by atoms with Gasteiger partial charge in [-0.1, -0.05) is 20.3 Å². The zero-order valence-corrected chi connectivity index (χ0v) is 13.5. The van der Waals surface area contributed by atoms with Gasteiger partial charge in [-0.2, -0.15) is 4.98 Å². The van der Waals surface area contributed by atoms with Gasteiger partial charge in [0.15, 0.2) is 0 Å². The van der Waals surface area contributed by atoms with Gasteiger partial charge in [-0.3, -0.25) is 0 Å². The van der Waals surface area contributed by atoms with Crippen LogP contribution in [0.25, 0.3) is 10.2 Å². The summed E-state index contributed by atoms with van der Waals surface area (Å²) in [5.41, 5.74) is 0. The van der Waals surface area contributed by atoms with E-state index in [1.807, 2.05) is 6.92 Å². The second-order valence-corrected chi connectivity index (χ2v) is 6.00. The summed E-state index contributed by atoms with van der Waals surface area (Å²) in [4.78, 5) is 11.4. The highest BCUT2D eigenvalue weighted by Crippen LogP contribution is 2.32. The standard InChI is InChI=1S/C15H23N3OS/c1-5-8-10(4)19-13-12-9-11(6-2)20-14(12)18-15(17-13)16-7-3/h9-10H,5-8H2,1-4H3,(H,16,17,18). The van der Waals surface area contributed by atoms with Gasteiger partial charge < -0.3 is 10.1 Å². The summed E-state index contributed by atoms with van der Waals surface area (Å²) in [6.07, 6.45) is 3.34. The predicted molar refractivity (Wildman–Crippen MR) is 86.0 cm³/mol. The van der Waals surface area contributed by atoms with Crippen molar-refractivity contribution in [1.82, 2.24) is 9.97 Å². The first-order valence-electron chi connectivity index (χ1n) is 7.38. The minimum atomic E-state index is 0.178. The van der Waals surface area contributed by atoms with Crippen LogP contribution < -0.4 is 10.1 Å². The lowest BCUT2D eigenvalue weighted by Gasteiger charge is -2.14. The largest absolute Gasteiger partial charge is 0.474 e. The second kappa shape index (κ2) is 6.88. The first-order valence-corrected chi connectivity index (χ1v) is 8.20. The highest BCUT2D eigenvalue weighted by molar-refractivity contribution is 7.18. The smallest absolute Gasteiger partial charge is 0.227 e. The molecule has 2 rings (SSSR count). The van der Waals surface area contributed by atoms with Gasteiger partial charge in [0.1, 0.15) is 4.83 Å². The number of thiophene rings is 1. The Balaban J connectivity index is 2.39. The van der Waals surface area contributed by atoms with Crippen LogP contribution in [-0.4, -0.2) is 22.6 Å². The molecule has 2 heterocycles. The molecule has 0 saturated heterocycles. The predicted octanol–water partition coefficient (Wildman–Crippen LogP) is 4.25. The minimum absolute atomic E-state index is 0.178. The van der Waals surface area contributed by atoms with E-state index in [0.29, 0.717) is 11.8 Å². The minimum Gasteiger partial charge on any atom is -0.474 e. The third-order valence-electron chi connectivity index (χ3n) is 3.10. The third-order valence-corrected chi connectivity index (χ3v) is 4.27. The Kier molecular flexibility index (Phi) is 5.17. The Bertz CT molecular complexity index is 567. The van der Waals surface area contributed by atoms with Crippen molar-refractivity contribution in [1.29, 1.82) is 0 Å². The quantitative estimate of drug-likeness (QED) is 0.829. The highest BCUT2D eigenvalue weighted by Gasteiger charge is 2.14. The van der Waals surface area contributed by atoms with E-state index in [0.717, 1.165) is 36.0 Å². The maximum atomic E-state index is 6.03. The fourth-order valence-corrected chi connectivity index (χ4v) is 3.06. The first kappa shape index (κ1) is 15.0. The summed E-state index contributed by atoms with van der Waals surface area (Å²) in [5.74, 6) is 1.37. The number of hydrogen-bond acceptors (Lipinski definition) is 5. The lowest BCUT2D eigenvalue weighted by molar-refractivity contribution is 0.204. The lowest BCUT2D eigenvalue weighted by Crippen LogP contribution is -2.13. The molecule has 0 fully saturated rings. The van der Waals surface area contributed by atoms with Gasteiger partial charge in [-0.25, -0.2) is 4.98 Å². The molecule has 0 radical (unpaired) electrons. The zero-order valence-electron chi connectivity index (χ0n) is 12.7. The van der Waals surface area contributed by atoms with Gasteiger partial charge in [0.05, 0.1) is 11.5 Å². The van der Waals surface area contributed by atoms with E-state index in [4.69, 9.17) is 4.74 Å². The molecule has 0 aromatic carbocycles. The highest BCUT2D eigenvalue weighted by atomic mass is 32.1. The molecule has 5 heteroatoms. The number of aryl methyl sites for hydroxylation is 1. The molecule has 2 aromatic rings. The molecule has 0 amide bonds. The molecule has 0 aliphatic carbocycles. The lowest BCUT2D eigenvalue weighted by atomic mass is 10.2. The second-order valence-electron chi connectivity index (χ2n) is 4.88. The number of anilines is 1. The molecular formula is C15H23N3OS. The Morgan fingerprint density at radius 3 is 2.75 bits per heavy atom. The molecule has 2 aromatic heterocycles. The summed E-state index contributed by atoms with van der Waals surface area (Å²) in [5, 5.41) is 4.22. The summed E-state index contributed by atoms with van der Waals surface area (Å²) < 4.78 is 6.03. The molecule has 1 N–H and O–H groups in total. The molecular weight excluding hydrogens is 270 g/mol. The molecule has 0 bridgehead atoms. The molecule has 0 aliphatic rings. The van der Waals surface area contributed by atoms with Crippen LogP contribution in [0.15, 0.2) is 6.07 Å². The Hall–Kier alpha value is -1.36. The number of aromatic nitrogens is 2. The van der Waals surface area contributed by atoms with Gasteiger partial charge in [0, 0.05) is 11.4 Å². The Labute approximate surface area is 124 Å².